The molecule has 2 fully saturated rings. The second-order valence-electron chi connectivity index (χ2n) is 8.12. The van der Waals surface area contributed by atoms with Gasteiger partial charge in [-0.2, -0.15) is 0 Å². The second kappa shape index (κ2) is 15.2. The number of benzene rings is 1. The zero-order valence-corrected chi connectivity index (χ0v) is 22.5. The van der Waals surface area contributed by atoms with Gasteiger partial charge in [0.2, 0.25) is 0 Å². The van der Waals surface area contributed by atoms with E-state index in [0.717, 1.165) is 12.0 Å². The largest absolute Gasteiger partial charge is 2.00 e. The molecule has 6 rings (SSSR count). The van der Waals surface area contributed by atoms with Crippen LogP contribution in [0.1, 0.15) is 18.9 Å². The van der Waals surface area contributed by atoms with Crippen molar-refractivity contribution >= 4 is 12.9 Å². The fourth-order valence-electron chi connectivity index (χ4n) is 4.41. The summed E-state index contributed by atoms with van der Waals surface area (Å²) in [5.41, 5.74) is 0.745. The molecule has 0 saturated carbocycles. The number of hydrogen-bond donors (Lipinski definition) is 0. The summed E-state index contributed by atoms with van der Waals surface area (Å²) in [7, 11) is -0.194. The van der Waals surface area contributed by atoms with Gasteiger partial charge in [0.05, 0.1) is 11.7 Å². The van der Waals surface area contributed by atoms with Crippen LogP contribution in [0.2, 0.25) is 0 Å². The molecule has 4 aromatic rings. The molecule has 38 heavy (non-hydrogen) atoms. The summed E-state index contributed by atoms with van der Waals surface area (Å²) in [6, 6.07) is 15.8. The minimum absolute atomic E-state index is 0. The van der Waals surface area contributed by atoms with Gasteiger partial charge in [0, 0.05) is 30.9 Å². The molecule has 0 spiro atoms. The van der Waals surface area contributed by atoms with Crippen molar-refractivity contribution < 1.29 is 39.9 Å². The minimum Gasteiger partial charge on any atom is -0.425 e. The maximum atomic E-state index is 11.6. The van der Waals surface area contributed by atoms with Crippen LogP contribution in [0, 0.1) is 38.5 Å². The van der Waals surface area contributed by atoms with Gasteiger partial charge in [-0.3, -0.25) is 4.79 Å². The zero-order valence-electron chi connectivity index (χ0n) is 20.5. The average molecular weight is 591 g/mol. The number of carbonyl (C=O) groups is 1. The molecule has 2 aliphatic rings. The van der Waals surface area contributed by atoms with Crippen LogP contribution in [0.25, 0.3) is 0 Å². The third kappa shape index (κ3) is 6.97. The second-order valence-corrected chi connectivity index (χ2v) is 8.12. The first kappa shape index (κ1) is 30.9. The van der Waals surface area contributed by atoms with E-state index in [2.05, 4.69) is 47.2 Å². The van der Waals surface area contributed by atoms with Gasteiger partial charge in [-0.15, -0.1) is 0 Å². The van der Waals surface area contributed by atoms with Crippen molar-refractivity contribution in [2.75, 3.05) is 0 Å². The Morgan fingerprint density at radius 3 is 1.84 bits per heavy atom. The Morgan fingerprint density at radius 2 is 1.42 bits per heavy atom. The smallest absolute Gasteiger partial charge is 0.425 e. The Hall–Kier alpha value is -3.29. The quantitative estimate of drug-likeness (QED) is 0.201. The standard InChI is InChI=1S/C15H15O2.C9H9BN6.2CO.Mo/c1-11(16)13-10-15(9-5-8-14(13)17-15)12-6-3-2-4-7-12;1-4-11-14(7-1)10(15-8-2-5-12-15)16-9-3-6-13-16;2*1-2;/h2-9,13-14H,10H2,1H3;1-9H;;;/q;-1;;;+2/t13-,14-,15+;;;;/m0..../s1. The molecule has 190 valence electrons. The topological polar surface area (TPSA) is 120 Å². The van der Waals surface area contributed by atoms with E-state index in [-0.39, 0.29) is 46.0 Å². The molecule has 10 nitrogen and oxygen atoms in total. The Bertz CT molecular complexity index is 1160. The maximum Gasteiger partial charge on any atom is 2.00 e. The number of carbonyl (C=O) groups excluding carboxylic acids is 1. The molecule has 0 N–H and O–H groups in total. The maximum absolute atomic E-state index is 11.6. The van der Waals surface area contributed by atoms with Crippen molar-refractivity contribution in [1.82, 2.24) is 29.1 Å². The van der Waals surface area contributed by atoms with Gasteiger partial charge in [0.1, 0.15) is 5.78 Å². The third-order valence-electron chi connectivity index (χ3n) is 6.00. The summed E-state index contributed by atoms with van der Waals surface area (Å²) < 4.78 is 26.5. The van der Waals surface area contributed by atoms with Crippen molar-refractivity contribution in [3.8, 4) is 0 Å². The number of aromatic nitrogens is 6. The summed E-state index contributed by atoms with van der Waals surface area (Å²) in [5.74, 6) is 0.206. The average Bonchev–Trinajstić information content (AvgIpc) is 3.78. The minimum atomic E-state index is -0.392. The molecule has 0 aliphatic carbocycles. The Kier molecular flexibility index (Phi) is 12.4. The first-order valence-corrected chi connectivity index (χ1v) is 11.3. The van der Waals surface area contributed by atoms with Crippen LogP contribution in [-0.2, 0) is 45.5 Å². The summed E-state index contributed by atoms with van der Waals surface area (Å²) in [5, 5.41) is 12.7. The third-order valence-corrected chi connectivity index (χ3v) is 6.00. The number of hydrogen-bond acceptors (Lipinski definition) is 5. The predicted octanol–water partition coefficient (Wildman–Crippen LogP) is 2.63. The summed E-state index contributed by atoms with van der Waals surface area (Å²) in [6.45, 7) is 10.7. The van der Waals surface area contributed by atoms with Crippen LogP contribution in [0.15, 0.2) is 85.7 Å². The summed E-state index contributed by atoms with van der Waals surface area (Å²) >= 11 is 0. The van der Waals surface area contributed by atoms with Crippen molar-refractivity contribution in [3.05, 3.63) is 124 Å². The summed E-state index contributed by atoms with van der Waals surface area (Å²) in [6.07, 6.45) is 17.6. The molecule has 3 atom stereocenters. The number of Topliss-reactive ketones (excluding diaryl/α,β-unsaturated/α-hetero) is 1. The van der Waals surface area contributed by atoms with Gasteiger partial charge in [-0.1, -0.05) is 30.3 Å². The van der Waals surface area contributed by atoms with Crippen LogP contribution >= 0.6 is 0 Å². The molecule has 2 aliphatic heterocycles. The molecule has 0 unspecified atom stereocenters. The number of nitrogens with zero attached hydrogens (tertiary/aromatic N) is 6. The number of ether oxygens (including phenoxy) is 1. The molecular formula is C26H24BMoN6O4+. The van der Waals surface area contributed by atoms with Crippen LogP contribution in [0.5, 0.6) is 0 Å². The molecule has 2 bridgehead atoms. The fraction of sp³-hybridized carbons (Fsp3) is 0.192. The molecule has 0 amide bonds. The van der Waals surface area contributed by atoms with E-state index in [1.807, 2.05) is 67.8 Å². The molecule has 12 heteroatoms. The van der Waals surface area contributed by atoms with Gasteiger partial charge in [0.15, 0.2) is 0 Å². The number of rotatable bonds is 5. The molecule has 2 saturated heterocycles. The van der Waals surface area contributed by atoms with Crippen molar-refractivity contribution in [2.24, 2.45) is 5.92 Å². The Balaban J connectivity index is 0.000000231. The monoisotopic (exact) mass is 593 g/mol. The van der Waals surface area contributed by atoms with Crippen molar-refractivity contribution in [2.45, 2.75) is 25.0 Å². The van der Waals surface area contributed by atoms with Crippen LogP contribution in [0.4, 0.5) is 0 Å². The van der Waals surface area contributed by atoms with E-state index >= 15 is 0 Å². The van der Waals surface area contributed by atoms with Gasteiger partial charge >= 0.3 is 43.7 Å². The molecular weight excluding hydrogens is 567 g/mol. The predicted molar refractivity (Wildman–Crippen MR) is 131 cm³/mol. The van der Waals surface area contributed by atoms with Crippen LogP contribution in [-0.4, -0.2) is 48.1 Å². The Labute approximate surface area is 236 Å². The first-order chi connectivity index (χ1) is 18.2. The fourth-order valence-corrected chi connectivity index (χ4v) is 4.41. The van der Waals surface area contributed by atoms with Crippen LogP contribution < -0.4 is 0 Å². The van der Waals surface area contributed by atoms with Gasteiger partial charge in [-0.05, 0) is 68.5 Å². The van der Waals surface area contributed by atoms with E-state index in [4.69, 9.17) is 14.0 Å². The zero-order chi connectivity index (χ0) is 26.7. The number of fused-ring (bicyclic) bond motifs is 2. The molecule has 4 radical (unpaired) electrons. The number of ketones is 1. The van der Waals surface area contributed by atoms with Crippen LogP contribution in [0.3, 0.4) is 0 Å². The summed E-state index contributed by atoms with van der Waals surface area (Å²) in [4.78, 5) is 11.6. The van der Waals surface area contributed by atoms with E-state index in [1.54, 1.807) is 39.3 Å². The SMILES string of the molecule is CC(=O)[C@@H]1C[C@@]2(c3ccccc3)[CH][CH][CH][C@@H]1O2.[C-]#[O+].[C-]#[O+].[Mo+2].c1cnn([B-](n2cccn2)n2cccn2)c1. The molecule has 3 aromatic heterocycles. The Morgan fingerprint density at radius 1 is 0.921 bits per heavy atom. The van der Waals surface area contributed by atoms with Gasteiger partial charge in [-0.25, -0.2) is 15.3 Å². The van der Waals surface area contributed by atoms with E-state index in [9.17, 15) is 4.79 Å². The van der Waals surface area contributed by atoms with Gasteiger partial charge in [0.25, 0.3) is 7.12 Å². The molecule has 1 aromatic carbocycles. The van der Waals surface area contributed by atoms with E-state index in [0.29, 0.717) is 0 Å². The van der Waals surface area contributed by atoms with Crippen molar-refractivity contribution in [1.29, 1.82) is 0 Å². The van der Waals surface area contributed by atoms with Crippen molar-refractivity contribution in [3.63, 3.8) is 0 Å². The van der Waals surface area contributed by atoms with E-state index < -0.39 is 5.60 Å². The molecule has 5 heterocycles. The van der Waals surface area contributed by atoms with Gasteiger partial charge < -0.3 is 18.5 Å². The normalized spacial score (nSPS) is 20.8. The first-order valence-electron chi connectivity index (χ1n) is 11.3. The van der Waals surface area contributed by atoms with E-state index in [1.165, 1.54) is 0 Å².